The van der Waals surface area contributed by atoms with Gasteiger partial charge in [-0.1, -0.05) is 47.5 Å². The van der Waals surface area contributed by atoms with Crippen LogP contribution in [-0.2, 0) is 22.4 Å². The van der Waals surface area contributed by atoms with Gasteiger partial charge in [-0.2, -0.15) is 0 Å². The third kappa shape index (κ3) is 7.43. The molecule has 1 amide bonds. The number of benzene rings is 2. The normalized spacial score (nSPS) is 12.8. The van der Waals surface area contributed by atoms with E-state index in [0.717, 1.165) is 56.7 Å². The zero-order valence-corrected chi connectivity index (χ0v) is 22.6. The molecular weight excluding hydrogens is 533 g/mol. The summed E-state index contributed by atoms with van der Waals surface area (Å²) in [6.07, 6.45) is 2.90. The minimum absolute atomic E-state index is 0.0816. The fourth-order valence-electron chi connectivity index (χ4n) is 3.86. The van der Waals surface area contributed by atoms with Crippen LogP contribution in [0.25, 0.3) is 20.9 Å². The number of aliphatic carboxylic acids is 1. The van der Waals surface area contributed by atoms with E-state index in [4.69, 9.17) is 28.3 Å². The number of likely N-dealkylation sites (tertiary alicyclic amines) is 1. The molecule has 4 nitrogen and oxygen atoms in total. The van der Waals surface area contributed by atoms with Gasteiger partial charge in [0, 0.05) is 42.6 Å². The Balaban J connectivity index is 0.000000174. The van der Waals surface area contributed by atoms with E-state index < -0.39 is 5.97 Å². The Hall–Kier alpha value is -2.64. The molecule has 36 heavy (non-hydrogen) atoms. The molecule has 1 saturated heterocycles. The first-order valence-electron chi connectivity index (χ1n) is 11.6. The third-order valence-corrected chi connectivity index (χ3v) is 8.46. The highest BCUT2D eigenvalue weighted by Crippen LogP contribution is 2.30. The molecule has 1 aliphatic heterocycles. The molecule has 0 aliphatic carbocycles. The van der Waals surface area contributed by atoms with Crippen molar-refractivity contribution in [3.8, 4) is 20.9 Å². The second-order valence-corrected chi connectivity index (χ2v) is 11.6. The molecule has 0 atom stereocenters. The molecule has 0 bridgehead atoms. The highest BCUT2D eigenvalue weighted by molar-refractivity contribution is 7.15. The Kier molecular flexibility index (Phi) is 9.21. The first-order chi connectivity index (χ1) is 17.4. The number of carboxylic acids is 1. The van der Waals surface area contributed by atoms with Crippen molar-refractivity contribution in [3.63, 3.8) is 0 Å². The molecule has 0 spiro atoms. The summed E-state index contributed by atoms with van der Waals surface area (Å²) in [5.41, 5.74) is 2.21. The largest absolute Gasteiger partial charge is 0.481 e. The predicted molar refractivity (Wildman–Crippen MR) is 150 cm³/mol. The van der Waals surface area contributed by atoms with E-state index in [9.17, 15) is 9.59 Å². The van der Waals surface area contributed by atoms with Crippen molar-refractivity contribution in [2.75, 3.05) is 13.1 Å². The molecule has 3 heterocycles. The summed E-state index contributed by atoms with van der Waals surface area (Å²) in [6, 6.07) is 23.3. The first-order valence-corrected chi connectivity index (χ1v) is 13.9. The maximum absolute atomic E-state index is 12.1. The zero-order valence-electron chi connectivity index (χ0n) is 19.5. The van der Waals surface area contributed by atoms with Crippen molar-refractivity contribution < 1.29 is 14.7 Å². The lowest BCUT2D eigenvalue weighted by molar-refractivity contribution is -0.136. The van der Waals surface area contributed by atoms with Crippen LogP contribution in [0.3, 0.4) is 0 Å². The number of nitrogens with zero attached hydrogens (tertiary/aromatic N) is 1. The lowest BCUT2D eigenvalue weighted by atomic mass is 10.2. The summed E-state index contributed by atoms with van der Waals surface area (Å²) in [6.45, 7) is 1.85. The number of hydrogen-bond donors (Lipinski definition) is 1. The van der Waals surface area contributed by atoms with Crippen LogP contribution in [0, 0.1) is 0 Å². The fourth-order valence-corrected chi connectivity index (χ4v) is 6.12. The predicted octanol–water partition coefficient (Wildman–Crippen LogP) is 7.93. The van der Waals surface area contributed by atoms with E-state index in [1.54, 1.807) is 11.3 Å². The maximum Gasteiger partial charge on any atom is 0.308 e. The molecule has 1 aliphatic rings. The van der Waals surface area contributed by atoms with Gasteiger partial charge in [0.1, 0.15) is 0 Å². The van der Waals surface area contributed by atoms with Gasteiger partial charge in [0.15, 0.2) is 0 Å². The van der Waals surface area contributed by atoms with Gasteiger partial charge in [-0.3, -0.25) is 9.59 Å². The van der Waals surface area contributed by atoms with Crippen LogP contribution in [0.2, 0.25) is 10.0 Å². The Morgan fingerprint density at radius 3 is 1.58 bits per heavy atom. The van der Waals surface area contributed by atoms with Gasteiger partial charge >= 0.3 is 5.97 Å². The van der Waals surface area contributed by atoms with E-state index >= 15 is 0 Å². The number of thiophene rings is 2. The van der Waals surface area contributed by atoms with E-state index in [0.29, 0.717) is 11.4 Å². The quantitative estimate of drug-likeness (QED) is 0.262. The molecule has 0 radical (unpaired) electrons. The van der Waals surface area contributed by atoms with Gasteiger partial charge in [-0.25, -0.2) is 0 Å². The number of carboxylic acid groups (broad SMARTS) is 1. The van der Waals surface area contributed by atoms with Gasteiger partial charge in [-0.15, -0.1) is 22.7 Å². The molecule has 1 fully saturated rings. The molecule has 0 saturated carbocycles. The fraction of sp³-hybridized carbons (Fsp3) is 0.214. The number of amides is 1. The van der Waals surface area contributed by atoms with E-state index in [2.05, 4.69) is 12.1 Å². The molecule has 2 aromatic heterocycles. The molecule has 2 aromatic carbocycles. The first kappa shape index (κ1) is 26.4. The van der Waals surface area contributed by atoms with Gasteiger partial charge in [0.05, 0.1) is 12.8 Å². The van der Waals surface area contributed by atoms with Crippen molar-refractivity contribution in [1.29, 1.82) is 0 Å². The van der Waals surface area contributed by atoms with Gasteiger partial charge in [-0.05, 0) is 72.5 Å². The van der Waals surface area contributed by atoms with E-state index in [1.165, 1.54) is 16.2 Å². The third-order valence-electron chi connectivity index (χ3n) is 5.69. The van der Waals surface area contributed by atoms with E-state index in [1.807, 2.05) is 65.6 Å². The molecule has 5 rings (SSSR count). The van der Waals surface area contributed by atoms with Crippen molar-refractivity contribution >= 4 is 57.8 Å². The van der Waals surface area contributed by atoms with Gasteiger partial charge < -0.3 is 10.0 Å². The van der Waals surface area contributed by atoms with Crippen LogP contribution < -0.4 is 0 Å². The molecule has 4 aromatic rings. The second-order valence-electron chi connectivity index (χ2n) is 8.38. The summed E-state index contributed by atoms with van der Waals surface area (Å²) >= 11 is 14.9. The van der Waals surface area contributed by atoms with Crippen LogP contribution in [0.15, 0.2) is 72.8 Å². The lowest BCUT2D eigenvalue weighted by Crippen LogP contribution is -2.28. The summed E-state index contributed by atoms with van der Waals surface area (Å²) < 4.78 is 0. The van der Waals surface area contributed by atoms with Crippen LogP contribution in [-0.4, -0.2) is 35.0 Å². The summed E-state index contributed by atoms with van der Waals surface area (Å²) in [4.78, 5) is 28.9. The van der Waals surface area contributed by atoms with Crippen molar-refractivity contribution in [2.24, 2.45) is 0 Å². The summed E-state index contributed by atoms with van der Waals surface area (Å²) in [5.74, 6) is -0.545. The standard InChI is InChI=1S/C16H16ClNOS.C12H9ClO2S/c17-13-5-3-12(4-6-13)15-8-7-14(20-15)11-16(19)18-9-1-2-10-18;13-9-3-1-8(2-4-9)11-6-5-10(16-11)7-12(14)15/h3-8H,1-2,9-11H2;1-6H,7H2,(H,14,15). The van der Waals surface area contributed by atoms with Crippen molar-refractivity contribution in [2.45, 2.75) is 25.7 Å². The molecular formula is C28H25Cl2NO3S2. The Morgan fingerprint density at radius 1 is 0.694 bits per heavy atom. The molecule has 1 N–H and O–H groups in total. The minimum atomic E-state index is -0.801. The smallest absolute Gasteiger partial charge is 0.308 e. The summed E-state index contributed by atoms with van der Waals surface area (Å²) in [5, 5.41) is 10.1. The molecule has 8 heteroatoms. The van der Waals surface area contributed by atoms with E-state index in [-0.39, 0.29) is 12.3 Å². The van der Waals surface area contributed by atoms with Crippen molar-refractivity contribution in [1.82, 2.24) is 4.90 Å². The molecule has 186 valence electrons. The number of halogens is 2. The van der Waals surface area contributed by atoms with Crippen LogP contribution in [0.5, 0.6) is 0 Å². The number of rotatable bonds is 6. The summed E-state index contributed by atoms with van der Waals surface area (Å²) in [7, 11) is 0. The highest BCUT2D eigenvalue weighted by atomic mass is 35.5. The SMILES string of the molecule is O=C(Cc1ccc(-c2ccc(Cl)cc2)s1)N1CCCC1.O=C(O)Cc1ccc(-c2ccc(Cl)cc2)s1. The monoisotopic (exact) mass is 557 g/mol. The highest BCUT2D eigenvalue weighted by Gasteiger charge is 2.18. The zero-order chi connectivity index (χ0) is 25.5. The average Bonchev–Trinajstić information content (AvgIpc) is 3.63. The van der Waals surface area contributed by atoms with Crippen LogP contribution in [0.1, 0.15) is 22.6 Å². The number of hydrogen-bond acceptors (Lipinski definition) is 4. The van der Waals surface area contributed by atoms with Gasteiger partial charge in [0.2, 0.25) is 5.91 Å². The van der Waals surface area contributed by atoms with Gasteiger partial charge in [0.25, 0.3) is 0 Å². The molecule has 0 unspecified atom stereocenters. The van der Waals surface area contributed by atoms with Crippen LogP contribution >= 0.6 is 45.9 Å². The number of carbonyl (C=O) groups excluding carboxylic acids is 1. The Morgan fingerprint density at radius 2 is 1.14 bits per heavy atom. The Labute approximate surface area is 228 Å². The van der Waals surface area contributed by atoms with Crippen LogP contribution in [0.4, 0.5) is 0 Å². The second kappa shape index (κ2) is 12.5. The number of carbonyl (C=O) groups is 2. The average molecular weight is 559 g/mol. The topological polar surface area (TPSA) is 57.6 Å². The Bertz CT molecular complexity index is 1310. The van der Waals surface area contributed by atoms with Crippen molar-refractivity contribution in [3.05, 3.63) is 92.6 Å². The minimum Gasteiger partial charge on any atom is -0.481 e. The lowest BCUT2D eigenvalue weighted by Gasteiger charge is -2.14. The maximum atomic E-state index is 12.1.